The third kappa shape index (κ3) is 3.71. The summed E-state index contributed by atoms with van der Waals surface area (Å²) in [6.45, 7) is 1.77. The Morgan fingerprint density at radius 2 is 1.90 bits per heavy atom. The third-order valence-electron chi connectivity index (χ3n) is 3.01. The number of hydrogen-bond acceptors (Lipinski definition) is 5. The highest BCUT2D eigenvalue weighted by Gasteiger charge is 2.18. The van der Waals surface area contributed by atoms with Gasteiger partial charge in [-0.2, -0.15) is 0 Å². The molecule has 6 nitrogen and oxygen atoms in total. The highest BCUT2D eigenvalue weighted by molar-refractivity contribution is 7.89. The van der Waals surface area contributed by atoms with Gasteiger partial charge in [0, 0.05) is 18.3 Å². The second-order valence-corrected chi connectivity index (χ2v) is 6.25. The van der Waals surface area contributed by atoms with Crippen LogP contribution in [-0.2, 0) is 10.0 Å². The molecule has 0 saturated carbocycles. The molecule has 0 fully saturated rings. The SMILES string of the molecule is COc1ccc(C(C)NS(=O)(=O)c2ccnc(N)c2)cc1. The van der Waals surface area contributed by atoms with E-state index in [1.165, 1.54) is 18.3 Å². The molecule has 0 saturated heterocycles. The van der Waals surface area contributed by atoms with Crippen LogP contribution in [0.15, 0.2) is 47.5 Å². The minimum Gasteiger partial charge on any atom is -0.497 e. The van der Waals surface area contributed by atoms with Crippen LogP contribution in [0.25, 0.3) is 0 Å². The van der Waals surface area contributed by atoms with Crippen molar-refractivity contribution in [3.8, 4) is 5.75 Å². The molecule has 2 rings (SSSR count). The minimum absolute atomic E-state index is 0.0929. The minimum atomic E-state index is -3.65. The van der Waals surface area contributed by atoms with E-state index in [2.05, 4.69) is 9.71 Å². The second kappa shape index (κ2) is 6.11. The van der Waals surface area contributed by atoms with E-state index in [0.717, 1.165) is 11.3 Å². The van der Waals surface area contributed by atoms with Crippen LogP contribution >= 0.6 is 0 Å². The number of nitrogens with two attached hydrogens (primary N) is 1. The number of anilines is 1. The number of nitrogens with zero attached hydrogens (tertiary/aromatic N) is 1. The van der Waals surface area contributed by atoms with Crippen molar-refractivity contribution in [1.29, 1.82) is 0 Å². The molecule has 0 radical (unpaired) electrons. The van der Waals surface area contributed by atoms with E-state index in [-0.39, 0.29) is 16.8 Å². The molecule has 0 aliphatic heterocycles. The van der Waals surface area contributed by atoms with Gasteiger partial charge in [-0.3, -0.25) is 0 Å². The molecule has 0 spiro atoms. The largest absolute Gasteiger partial charge is 0.497 e. The number of sulfonamides is 1. The second-order valence-electron chi connectivity index (χ2n) is 4.53. The summed E-state index contributed by atoms with van der Waals surface area (Å²) in [5, 5.41) is 0. The van der Waals surface area contributed by atoms with Crippen molar-refractivity contribution < 1.29 is 13.2 Å². The first kappa shape index (κ1) is 15.3. The number of methoxy groups -OCH3 is 1. The van der Waals surface area contributed by atoms with E-state index in [4.69, 9.17) is 10.5 Å². The van der Waals surface area contributed by atoms with Crippen LogP contribution in [0.2, 0.25) is 0 Å². The van der Waals surface area contributed by atoms with Crippen LogP contribution in [0, 0.1) is 0 Å². The summed E-state index contributed by atoms with van der Waals surface area (Å²) < 4.78 is 32.2. The molecule has 2 aromatic rings. The lowest BCUT2D eigenvalue weighted by molar-refractivity contribution is 0.414. The van der Waals surface area contributed by atoms with Crippen LogP contribution in [-0.4, -0.2) is 20.5 Å². The number of ether oxygens (including phenoxy) is 1. The topological polar surface area (TPSA) is 94.3 Å². The van der Waals surface area contributed by atoms with E-state index in [9.17, 15) is 8.42 Å². The van der Waals surface area contributed by atoms with Crippen molar-refractivity contribution >= 4 is 15.8 Å². The molecular weight excluding hydrogens is 290 g/mol. The van der Waals surface area contributed by atoms with Crippen LogP contribution < -0.4 is 15.2 Å². The molecule has 3 N–H and O–H groups in total. The van der Waals surface area contributed by atoms with Crippen LogP contribution in [0.4, 0.5) is 5.82 Å². The summed E-state index contributed by atoms with van der Waals surface area (Å²) in [6.07, 6.45) is 1.36. The van der Waals surface area contributed by atoms with E-state index >= 15 is 0 Å². The maximum absolute atomic E-state index is 12.3. The zero-order valence-corrected chi connectivity index (χ0v) is 12.6. The molecule has 112 valence electrons. The molecule has 1 atom stereocenters. The number of nitrogens with one attached hydrogen (secondary N) is 1. The van der Waals surface area contributed by atoms with Crippen molar-refractivity contribution in [3.63, 3.8) is 0 Å². The Labute approximate surface area is 124 Å². The quantitative estimate of drug-likeness (QED) is 0.877. The van der Waals surface area contributed by atoms with Crippen molar-refractivity contribution in [1.82, 2.24) is 9.71 Å². The standard InChI is InChI=1S/C14H17N3O3S/c1-10(11-3-5-12(20-2)6-4-11)17-21(18,19)13-7-8-16-14(15)9-13/h3-10,17H,1-2H3,(H2,15,16). The first-order valence-electron chi connectivity index (χ1n) is 6.30. The summed E-state index contributed by atoms with van der Waals surface area (Å²) in [5.74, 6) is 0.880. The average molecular weight is 307 g/mol. The maximum Gasteiger partial charge on any atom is 0.241 e. The number of rotatable bonds is 5. The zero-order chi connectivity index (χ0) is 15.5. The number of pyridine rings is 1. The van der Waals surface area contributed by atoms with Gasteiger partial charge in [-0.1, -0.05) is 12.1 Å². The predicted octanol–water partition coefficient (Wildman–Crippen LogP) is 1.71. The smallest absolute Gasteiger partial charge is 0.241 e. The molecular formula is C14H17N3O3S. The number of aromatic nitrogens is 1. The summed E-state index contributed by atoms with van der Waals surface area (Å²) in [7, 11) is -2.07. The normalized spacial score (nSPS) is 12.9. The molecule has 1 aromatic carbocycles. The fourth-order valence-electron chi connectivity index (χ4n) is 1.86. The summed E-state index contributed by atoms with van der Waals surface area (Å²) in [6, 6.07) is 9.53. The van der Waals surface area contributed by atoms with Gasteiger partial charge in [0.1, 0.15) is 11.6 Å². The Hall–Kier alpha value is -2.12. The molecule has 1 aromatic heterocycles. The highest BCUT2D eigenvalue weighted by Crippen LogP contribution is 2.20. The van der Waals surface area contributed by atoms with Gasteiger partial charge < -0.3 is 10.5 Å². The fraction of sp³-hybridized carbons (Fsp3) is 0.214. The van der Waals surface area contributed by atoms with Gasteiger partial charge in [0.05, 0.1) is 12.0 Å². The van der Waals surface area contributed by atoms with E-state index in [1.807, 2.05) is 12.1 Å². The zero-order valence-electron chi connectivity index (χ0n) is 11.8. The molecule has 0 amide bonds. The van der Waals surface area contributed by atoms with E-state index in [1.54, 1.807) is 26.2 Å². The van der Waals surface area contributed by atoms with Crippen molar-refractivity contribution in [2.24, 2.45) is 0 Å². The van der Waals surface area contributed by atoms with Gasteiger partial charge in [0.25, 0.3) is 0 Å². The van der Waals surface area contributed by atoms with Gasteiger partial charge in [0.2, 0.25) is 10.0 Å². The van der Waals surface area contributed by atoms with Gasteiger partial charge in [-0.15, -0.1) is 0 Å². The highest BCUT2D eigenvalue weighted by atomic mass is 32.2. The van der Waals surface area contributed by atoms with Gasteiger partial charge >= 0.3 is 0 Å². The molecule has 1 heterocycles. The Kier molecular flexibility index (Phi) is 4.44. The lowest BCUT2D eigenvalue weighted by Crippen LogP contribution is -2.27. The lowest BCUT2D eigenvalue weighted by Gasteiger charge is -2.15. The lowest BCUT2D eigenvalue weighted by atomic mass is 10.1. The number of nitrogen functional groups attached to an aromatic ring is 1. The first-order valence-corrected chi connectivity index (χ1v) is 7.78. The molecule has 1 unspecified atom stereocenters. The van der Waals surface area contributed by atoms with E-state index < -0.39 is 10.0 Å². The fourth-order valence-corrected chi connectivity index (χ4v) is 3.11. The Bertz CT molecular complexity index is 714. The summed E-state index contributed by atoms with van der Waals surface area (Å²) >= 11 is 0. The van der Waals surface area contributed by atoms with Crippen molar-refractivity contribution in [2.75, 3.05) is 12.8 Å². The summed E-state index contributed by atoms with van der Waals surface area (Å²) in [4.78, 5) is 3.87. The molecule has 0 bridgehead atoms. The van der Waals surface area contributed by atoms with Crippen molar-refractivity contribution in [2.45, 2.75) is 17.9 Å². The average Bonchev–Trinajstić information content (AvgIpc) is 2.47. The molecule has 7 heteroatoms. The Morgan fingerprint density at radius 1 is 1.24 bits per heavy atom. The number of hydrogen-bond donors (Lipinski definition) is 2. The first-order chi connectivity index (χ1) is 9.92. The van der Waals surface area contributed by atoms with Crippen molar-refractivity contribution in [3.05, 3.63) is 48.2 Å². The van der Waals surface area contributed by atoms with Crippen LogP contribution in [0.3, 0.4) is 0 Å². The van der Waals surface area contributed by atoms with Crippen LogP contribution in [0.1, 0.15) is 18.5 Å². The predicted molar refractivity (Wildman–Crippen MR) is 80.4 cm³/mol. The molecule has 0 aliphatic carbocycles. The molecule has 0 aliphatic rings. The Balaban J connectivity index is 2.19. The Morgan fingerprint density at radius 3 is 2.48 bits per heavy atom. The maximum atomic E-state index is 12.3. The third-order valence-corrected chi connectivity index (χ3v) is 4.55. The summed E-state index contributed by atoms with van der Waals surface area (Å²) in [5.41, 5.74) is 6.35. The van der Waals surface area contributed by atoms with Gasteiger partial charge in [-0.25, -0.2) is 18.1 Å². The van der Waals surface area contributed by atoms with Gasteiger partial charge in [-0.05, 0) is 30.7 Å². The van der Waals surface area contributed by atoms with Crippen LogP contribution in [0.5, 0.6) is 5.75 Å². The van der Waals surface area contributed by atoms with E-state index in [0.29, 0.717) is 0 Å². The number of benzene rings is 1. The monoisotopic (exact) mass is 307 g/mol. The molecule has 21 heavy (non-hydrogen) atoms. The van der Waals surface area contributed by atoms with Gasteiger partial charge in [0.15, 0.2) is 0 Å².